The van der Waals surface area contributed by atoms with E-state index in [1.807, 2.05) is 28.8 Å². The van der Waals surface area contributed by atoms with Crippen LogP contribution in [0, 0.1) is 5.92 Å². The van der Waals surface area contributed by atoms with E-state index in [-0.39, 0.29) is 11.8 Å². The lowest BCUT2D eigenvalue weighted by molar-refractivity contribution is -0.135. The lowest BCUT2D eigenvalue weighted by Crippen LogP contribution is -2.56. The molecule has 2 saturated heterocycles. The second-order valence-corrected chi connectivity index (χ2v) is 7.69. The molecule has 2 fully saturated rings. The molecule has 26 heavy (non-hydrogen) atoms. The van der Waals surface area contributed by atoms with E-state index in [2.05, 4.69) is 14.9 Å². The van der Waals surface area contributed by atoms with E-state index in [9.17, 15) is 4.79 Å². The van der Waals surface area contributed by atoms with Crippen molar-refractivity contribution in [2.75, 3.05) is 56.8 Å². The molecule has 2 aliphatic rings. The average molecular weight is 374 g/mol. The van der Waals surface area contributed by atoms with E-state index in [4.69, 9.17) is 9.47 Å². The predicted octanol–water partition coefficient (Wildman–Crippen LogP) is 1.66. The van der Waals surface area contributed by atoms with Gasteiger partial charge in [0.05, 0.1) is 25.7 Å². The van der Waals surface area contributed by atoms with Crippen molar-refractivity contribution >= 4 is 34.4 Å². The number of aromatic nitrogens is 2. The molecular weight excluding hydrogens is 352 g/mol. The molecule has 7 nitrogen and oxygen atoms in total. The first-order valence-electron chi connectivity index (χ1n) is 8.69. The molecule has 2 aromatic rings. The number of fused-ring (bicyclic) bond motifs is 1. The molecule has 0 saturated carbocycles. The smallest absolute Gasteiger partial charge is 0.229 e. The summed E-state index contributed by atoms with van der Waals surface area (Å²) in [4.78, 5) is 25.6. The minimum absolute atomic E-state index is 0.0586. The third kappa shape index (κ3) is 3.02. The Balaban J connectivity index is 1.54. The van der Waals surface area contributed by atoms with Crippen LogP contribution in [-0.4, -0.2) is 72.7 Å². The third-order valence-corrected chi connectivity index (χ3v) is 5.92. The zero-order valence-electron chi connectivity index (χ0n) is 15.0. The van der Waals surface area contributed by atoms with E-state index in [0.29, 0.717) is 24.6 Å². The number of hydrogen-bond acceptors (Lipinski definition) is 7. The summed E-state index contributed by atoms with van der Waals surface area (Å²) in [7, 11) is 3.22. The highest BCUT2D eigenvalue weighted by atomic mass is 32.2. The van der Waals surface area contributed by atoms with Gasteiger partial charge in [0, 0.05) is 49.1 Å². The standard InChI is InChI=1S/C18H22N4O3S/c1-24-15-7-13-14(8-16(15)25-2)19-11-20-17(13)22-9-12(10-22)18(23)21-3-5-26-6-4-21/h7-8,11-12H,3-6,9-10H2,1-2H3. The maximum absolute atomic E-state index is 12.6. The van der Waals surface area contributed by atoms with Crippen LogP contribution in [0.2, 0.25) is 0 Å². The highest BCUT2D eigenvalue weighted by Crippen LogP contribution is 2.36. The summed E-state index contributed by atoms with van der Waals surface area (Å²) in [6.45, 7) is 3.13. The Hall–Kier alpha value is -2.22. The molecule has 1 aromatic heterocycles. The Morgan fingerprint density at radius 2 is 1.81 bits per heavy atom. The van der Waals surface area contributed by atoms with Crippen molar-refractivity contribution in [3.8, 4) is 11.5 Å². The van der Waals surface area contributed by atoms with Gasteiger partial charge < -0.3 is 19.3 Å². The molecule has 4 rings (SSSR count). The van der Waals surface area contributed by atoms with Gasteiger partial charge in [-0.2, -0.15) is 11.8 Å². The van der Waals surface area contributed by atoms with Crippen LogP contribution >= 0.6 is 11.8 Å². The first kappa shape index (κ1) is 17.2. The molecule has 0 unspecified atom stereocenters. The molecule has 0 N–H and O–H groups in total. The largest absolute Gasteiger partial charge is 0.493 e. The van der Waals surface area contributed by atoms with E-state index in [1.165, 1.54) is 0 Å². The number of hydrogen-bond donors (Lipinski definition) is 0. The summed E-state index contributed by atoms with van der Waals surface area (Å²) in [6, 6.07) is 3.76. The molecule has 1 aromatic carbocycles. The highest BCUT2D eigenvalue weighted by Gasteiger charge is 2.37. The molecule has 0 spiro atoms. The Morgan fingerprint density at radius 1 is 1.12 bits per heavy atom. The van der Waals surface area contributed by atoms with Gasteiger partial charge in [-0.3, -0.25) is 4.79 Å². The second kappa shape index (κ2) is 7.19. The highest BCUT2D eigenvalue weighted by molar-refractivity contribution is 7.99. The third-order valence-electron chi connectivity index (χ3n) is 4.97. The van der Waals surface area contributed by atoms with Crippen molar-refractivity contribution in [3.05, 3.63) is 18.5 Å². The van der Waals surface area contributed by atoms with Gasteiger partial charge in [0.1, 0.15) is 12.1 Å². The maximum atomic E-state index is 12.6. The molecule has 0 bridgehead atoms. The Morgan fingerprint density at radius 3 is 2.50 bits per heavy atom. The van der Waals surface area contributed by atoms with Crippen molar-refractivity contribution in [2.24, 2.45) is 5.92 Å². The number of amides is 1. The van der Waals surface area contributed by atoms with Gasteiger partial charge in [0.15, 0.2) is 11.5 Å². The van der Waals surface area contributed by atoms with E-state index in [0.717, 1.165) is 41.3 Å². The van der Waals surface area contributed by atoms with Gasteiger partial charge in [0.2, 0.25) is 5.91 Å². The predicted molar refractivity (Wildman–Crippen MR) is 102 cm³/mol. The van der Waals surface area contributed by atoms with Crippen molar-refractivity contribution in [3.63, 3.8) is 0 Å². The van der Waals surface area contributed by atoms with Gasteiger partial charge in [-0.05, 0) is 6.07 Å². The molecule has 3 heterocycles. The van der Waals surface area contributed by atoms with Crippen LogP contribution in [0.3, 0.4) is 0 Å². The number of methoxy groups -OCH3 is 2. The van der Waals surface area contributed by atoms with Gasteiger partial charge in [0.25, 0.3) is 0 Å². The van der Waals surface area contributed by atoms with Gasteiger partial charge in [-0.25, -0.2) is 9.97 Å². The van der Waals surface area contributed by atoms with Gasteiger partial charge in [-0.1, -0.05) is 0 Å². The van der Waals surface area contributed by atoms with Crippen LogP contribution in [0.25, 0.3) is 10.9 Å². The lowest BCUT2D eigenvalue weighted by atomic mass is 9.97. The molecule has 0 radical (unpaired) electrons. The van der Waals surface area contributed by atoms with E-state index in [1.54, 1.807) is 20.5 Å². The summed E-state index contributed by atoms with van der Waals surface area (Å²) in [5.74, 6) is 4.55. The monoisotopic (exact) mass is 374 g/mol. The number of rotatable bonds is 4. The molecule has 2 aliphatic heterocycles. The molecule has 0 aliphatic carbocycles. The fourth-order valence-electron chi connectivity index (χ4n) is 3.47. The molecule has 8 heteroatoms. The van der Waals surface area contributed by atoms with Crippen LogP contribution in [-0.2, 0) is 4.79 Å². The Bertz CT molecular complexity index is 819. The first-order valence-corrected chi connectivity index (χ1v) is 9.85. The molecule has 1 amide bonds. The minimum Gasteiger partial charge on any atom is -0.493 e. The molecular formula is C18H22N4O3S. The number of nitrogens with zero attached hydrogens (tertiary/aromatic N) is 4. The lowest BCUT2D eigenvalue weighted by Gasteiger charge is -2.42. The van der Waals surface area contributed by atoms with Crippen molar-refractivity contribution in [1.82, 2.24) is 14.9 Å². The number of anilines is 1. The van der Waals surface area contributed by atoms with Crippen LogP contribution in [0.1, 0.15) is 0 Å². The molecule has 138 valence electrons. The summed E-state index contributed by atoms with van der Waals surface area (Å²) in [5.41, 5.74) is 0.801. The van der Waals surface area contributed by atoms with Gasteiger partial charge >= 0.3 is 0 Å². The zero-order chi connectivity index (χ0) is 18.1. The van der Waals surface area contributed by atoms with Crippen molar-refractivity contribution in [2.45, 2.75) is 0 Å². The van der Waals surface area contributed by atoms with Gasteiger partial charge in [-0.15, -0.1) is 0 Å². The van der Waals surface area contributed by atoms with E-state index < -0.39 is 0 Å². The van der Waals surface area contributed by atoms with Crippen LogP contribution < -0.4 is 14.4 Å². The number of ether oxygens (including phenoxy) is 2. The normalized spacial score (nSPS) is 17.9. The Labute approximate surface area is 156 Å². The quantitative estimate of drug-likeness (QED) is 0.806. The van der Waals surface area contributed by atoms with Crippen molar-refractivity contribution < 1.29 is 14.3 Å². The number of carbonyl (C=O) groups excluding carboxylic acids is 1. The first-order chi connectivity index (χ1) is 12.7. The Kier molecular flexibility index (Phi) is 4.76. The van der Waals surface area contributed by atoms with Crippen LogP contribution in [0.5, 0.6) is 11.5 Å². The van der Waals surface area contributed by atoms with Crippen molar-refractivity contribution in [1.29, 1.82) is 0 Å². The molecule has 0 atom stereocenters. The topological polar surface area (TPSA) is 67.8 Å². The average Bonchev–Trinajstić information content (AvgIpc) is 2.66. The summed E-state index contributed by atoms with van der Waals surface area (Å²) in [6.07, 6.45) is 1.56. The second-order valence-electron chi connectivity index (χ2n) is 6.46. The zero-order valence-corrected chi connectivity index (χ0v) is 15.8. The fourth-order valence-corrected chi connectivity index (χ4v) is 4.37. The fraction of sp³-hybridized carbons (Fsp3) is 0.500. The summed E-state index contributed by atoms with van der Waals surface area (Å²) >= 11 is 1.92. The summed E-state index contributed by atoms with van der Waals surface area (Å²) < 4.78 is 10.8. The number of thioether (sulfide) groups is 1. The van der Waals surface area contributed by atoms with Crippen LogP contribution in [0.15, 0.2) is 18.5 Å². The SMILES string of the molecule is COc1cc2ncnc(N3CC(C(=O)N4CCSCC4)C3)c2cc1OC. The minimum atomic E-state index is 0.0586. The van der Waals surface area contributed by atoms with E-state index >= 15 is 0 Å². The number of carbonyl (C=O) groups is 1. The number of benzene rings is 1. The van der Waals surface area contributed by atoms with Crippen LogP contribution in [0.4, 0.5) is 5.82 Å². The summed E-state index contributed by atoms with van der Waals surface area (Å²) in [5, 5.41) is 0.908. The maximum Gasteiger partial charge on any atom is 0.229 e.